The van der Waals surface area contributed by atoms with Gasteiger partial charge in [-0.15, -0.1) is 12.4 Å². The zero-order valence-corrected chi connectivity index (χ0v) is 25.0. The van der Waals surface area contributed by atoms with Gasteiger partial charge >= 0.3 is 6.09 Å². The normalized spacial score (nSPS) is 19.9. The molecule has 0 aromatic heterocycles. The Bertz CT molecular complexity index is 987. The second kappa shape index (κ2) is 15.6. The molecule has 0 bridgehead atoms. The molecule has 11 heteroatoms. The lowest BCUT2D eigenvalue weighted by atomic mass is 9.80. The first-order chi connectivity index (χ1) is 18.5. The van der Waals surface area contributed by atoms with E-state index < -0.39 is 29.8 Å². The van der Waals surface area contributed by atoms with Crippen LogP contribution >= 0.6 is 12.4 Å². The number of fused-ring (bicyclic) bond motifs is 1. The number of nitrogens with zero attached hydrogens (tertiary/aromatic N) is 1. The summed E-state index contributed by atoms with van der Waals surface area (Å²) in [6.07, 6.45) is 4.50. The van der Waals surface area contributed by atoms with Crippen molar-refractivity contribution in [3.63, 3.8) is 0 Å². The predicted octanol–water partition coefficient (Wildman–Crippen LogP) is 2.93. The Kier molecular flexibility index (Phi) is 13.1. The van der Waals surface area contributed by atoms with Crippen molar-refractivity contribution >= 4 is 36.0 Å². The van der Waals surface area contributed by atoms with E-state index in [0.29, 0.717) is 19.4 Å². The molecule has 0 radical (unpaired) electrons. The van der Waals surface area contributed by atoms with Crippen molar-refractivity contribution in [1.82, 2.24) is 10.6 Å². The van der Waals surface area contributed by atoms with Crippen LogP contribution in [0, 0.1) is 11.3 Å². The van der Waals surface area contributed by atoms with Crippen LogP contribution in [0.25, 0.3) is 0 Å². The van der Waals surface area contributed by atoms with E-state index in [0.717, 1.165) is 36.9 Å². The Morgan fingerprint density at radius 3 is 2.48 bits per heavy atom. The van der Waals surface area contributed by atoms with E-state index in [1.807, 2.05) is 38.1 Å². The molecule has 0 spiro atoms. The number of benzene rings is 1. The summed E-state index contributed by atoms with van der Waals surface area (Å²) in [5, 5.41) is 16.3. The number of rotatable bonds is 11. The minimum Gasteiger partial charge on any atom is -0.453 e. The first-order valence-corrected chi connectivity index (χ1v) is 14.0. The van der Waals surface area contributed by atoms with Gasteiger partial charge in [0, 0.05) is 38.3 Å². The maximum Gasteiger partial charge on any atom is 0.407 e. The standard InChI is InChI=1S/C29H46N4O6.ClH/c1-29(2,15-22(30)24(34)17-31-27(36)26(38-3)19-10-6-5-7-11-19)16-25(35)33-18-21(32-28(37)39-4)14-20-12-8-9-13-23(20)33;/h8-9,12-13,19,21-22,24,26,34H,5-7,10-11,14-18,30H2,1-4H3,(H,31,36)(H,32,37);1H/t21?,22-,24-,26+;/m0./s1. The Morgan fingerprint density at radius 2 is 1.82 bits per heavy atom. The number of aliphatic hydroxyl groups excluding tert-OH is 1. The fourth-order valence-electron chi connectivity index (χ4n) is 5.91. The second-order valence-corrected chi connectivity index (χ2v) is 11.7. The molecule has 1 heterocycles. The van der Waals surface area contributed by atoms with Crippen molar-refractivity contribution in [3.05, 3.63) is 29.8 Å². The van der Waals surface area contributed by atoms with Gasteiger partial charge in [-0.25, -0.2) is 4.79 Å². The summed E-state index contributed by atoms with van der Waals surface area (Å²) >= 11 is 0. The first-order valence-electron chi connectivity index (χ1n) is 14.0. The number of hydrogen-bond donors (Lipinski definition) is 4. The zero-order valence-electron chi connectivity index (χ0n) is 24.2. The SMILES string of the molecule is COC(=O)NC1Cc2ccccc2N(C(=O)CC(C)(C)C[C@H](N)[C@@H](O)CNC(=O)[C@H](OC)C2CCCCC2)C1.Cl. The molecule has 4 atom stereocenters. The third-order valence-electron chi connectivity index (χ3n) is 7.95. The number of carbonyl (C=O) groups excluding carboxylic acids is 3. The van der Waals surface area contributed by atoms with Crippen molar-refractivity contribution in [3.8, 4) is 0 Å². The number of halogens is 1. The third-order valence-corrected chi connectivity index (χ3v) is 7.95. The summed E-state index contributed by atoms with van der Waals surface area (Å²) in [5.41, 5.74) is 7.63. The van der Waals surface area contributed by atoms with Crippen LogP contribution < -0.4 is 21.3 Å². The van der Waals surface area contributed by atoms with Gasteiger partial charge in [-0.05, 0) is 48.6 Å². The minimum atomic E-state index is -0.962. The van der Waals surface area contributed by atoms with Crippen LogP contribution in [-0.2, 0) is 25.5 Å². The summed E-state index contributed by atoms with van der Waals surface area (Å²) in [4.78, 5) is 39.8. The van der Waals surface area contributed by atoms with Crippen LogP contribution in [0.15, 0.2) is 24.3 Å². The Morgan fingerprint density at radius 1 is 1.15 bits per heavy atom. The van der Waals surface area contributed by atoms with E-state index in [-0.39, 0.29) is 49.1 Å². The van der Waals surface area contributed by atoms with Crippen LogP contribution in [-0.4, -0.2) is 74.6 Å². The number of anilines is 1. The third kappa shape index (κ3) is 9.33. The molecule has 1 fully saturated rings. The molecule has 3 rings (SSSR count). The molecule has 10 nitrogen and oxygen atoms in total. The Balaban J connectivity index is 0.00000560. The highest BCUT2D eigenvalue weighted by Crippen LogP contribution is 2.33. The van der Waals surface area contributed by atoms with Crippen LogP contribution in [0.2, 0.25) is 0 Å². The lowest BCUT2D eigenvalue weighted by Crippen LogP contribution is -2.51. The zero-order chi connectivity index (χ0) is 28.6. The molecule has 1 aromatic carbocycles. The van der Waals surface area contributed by atoms with Gasteiger partial charge in [-0.3, -0.25) is 9.59 Å². The van der Waals surface area contributed by atoms with Crippen LogP contribution in [0.1, 0.15) is 64.4 Å². The second-order valence-electron chi connectivity index (χ2n) is 11.7. The monoisotopic (exact) mass is 582 g/mol. The number of methoxy groups -OCH3 is 2. The van der Waals surface area contributed by atoms with Crippen molar-refractivity contribution < 1.29 is 29.0 Å². The summed E-state index contributed by atoms with van der Waals surface area (Å²) in [7, 11) is 2.86. The fourth-order valence-corrected chi connectivity index (χ4v) is 5.91. The highest BCUT2D eigenvalue weighted by atomic mass is 35.5. The van der Waals surface area contributed by atoms with E-state index >= 15 is 0 Å². The molecule has 3 amide bonds. The maximum atomic E-state index is 13.5. The van der Waals surface area contributed by atoms with E-state index in [1.54, 1.807) is 12.0 Å². The Labute approximate surface area is 244 Å². The fraction of sp³-hybridized carbons (Fsp3) is 0.690. The Hall–Kier alpha value is -2.40. The smallest absolute Gasteiger partial charge is 0.407 e. The molecule has 1 aliphatic carbocycles. The molecule has 5 N–H and O–H groups in total. The molecular formula is C29H47ClN4O6. The van der Waals surface area contributed by atoms with Crippen molar-refractivity contribution in [2.45, 2.75) is 89.5 Å². The van der Waals surface area contributed by atoms with Gasteiger partial charge in [0.2, 0.25) is 11.8 Å². The van der Waals surface area contributed by atoms with E-state index in [9.17, 15) is 19.5 Å². The number of nitrogens with two attached hydrogens (primary N) is 1. The molecule has 226 valence electrons. The van der Waals surface area contributed by atoms with Gasteiger partial charge < -0.3 is 35.8 Å². The number of para-hydroxylation sites is 1. The number of amides is 3. The van der Waals surface area contributed by atoms with Crippen molar-refractivity contribution in [2.24, 2.45) is 17.1 Å². The number of aliphatic hydroxyl groups is 1. The molecule has 1 saturated carbocycles. The van der Waals surface area contributed by atoms with Crippen molar-refractivity contribution in [1.29, 1.82) is 0 Å². The molecule has 1 aliphatic heterocycles. The molecule has 1 aromatic rings. The topological polar surface area (TPSA) is 143 Å². The maximum absolute atomic E-state index is 13.5. The number of nitrogens with one attached hydrogen (secondary N) is 2. The predicted molar refractivity (Wildman–Crippen MR) is 156 cm³/mol. The summed E-state index contributed by atoms with van der Waals surface area (Å²) in [6.45, 7) is 4.25. The molecule has 0 saturated heterocycles. The highest BCUT2D eigenvalue weighted by Gasteiger charge is 2.35. The van der Waals surface area contributed by atoms with Crippen LogP contribution in [0.3, 0.4) is 0 Å². The van der Waals surface area contributed by atoms with Gasteiger partial charge in [-0.1, -0.05) is 51.3 Å². The largest absolute Gasteiger partial charge is 0.453 e. The summed E-state index contributed by atoms with van der Waals surface area (Å²) < 4.78 is 10.2. The number of carbonyl (C=O) groups is 3. The molecule has 1 unspecified atom stereocenters. The van der Waals surface area contributed by atoms with Crippen LogP contribution in [0.5, 0.6) is 0 Å². The van der Waals surface area contributed by atoms with Gasteiger partial charge in [-0.2, -0.15) is 0 Å². The minimum absolute atomic E-state index is 0. The van der Waals surface area contributed by atoms with Gasteiger partial charge in [0.05, 0.1) is 19.3 Å². The highest BCUT2D eigenvalue weighted by molar-refractivity contribution is 5.95. The lowest BCUT2D eigenvalue weighted by Gasteiger charge is -2.37. The number of hydrogen-bond acceptors (Lipinski definition) is 7. The number of ether oxygens (including phenoxy) is 2. The van der Waals surface area contributed by atoms with Crippen molar-refractivity contribution in [2.75, 3.05) is 32.2 Å². The average Bonchev–Trinajstić information content (AvgIpc) is 2.91. The van der Waals surface area contributed by atoms with Crippen LogP contribution in [0.4, 0.5) is 10.5 Å². The molecule has 2 aliphatic rings. The van der Waals surface area contributed by atoms with Gasteiger partial charge in [0.25, 0.3) is 0 Å². The lowest BCUT2D eigenvalue weighted by molar-refractivity contribution is -0.135. The van der Waals surface area contributed by atoms with E-state index in [2.05, 4.69) is 10.6 Å². The summed E-state index contributed by atoms with van der Waals surface area (Å²) in [5.74, 6) is -0.111. The average molecular weight is 583 g/mol. The van der Waals surface area contributed by atoms with Gasteiger partial charge in [0.15, 0.2) is 0 Å². The number of alkyl carbamates (subject to hydrolysis) is 1. The summed E-state index contributed by atoms with van der Waals surface area (Å²) in [6, 6.07) is 6.77. The van der Waals surface area contributed by atoms with E-state index in [1.165, 1.54) is 13.5 Å². The quantitative estimate of drug-likeness (QED) is 0.314. The molecule has 40 heavy (non-hydrogen) atoms. The molecular weight excluding hydrogens is 536 g/mol. The van der Waals surface area contributed by atoms with E-state index in [4.69, 9.17) is 15.2 Å². The van der Waals surface area contributed by atoms with Gasteiger partial charge in [0.1, 0.15) is 6.10 Å². The first kappa shape index (κ1) is 33.8.